The van der Waals surface area contributed by atoms with Crippen molar-refractivity contribution < 1.29 is 9.59 Å². The molecule has 0 bridgehead atoms. The molecule has 0 radical (unpaired) electrons. The van der Waals surface area contributed by atoms with Gasteiger partial charge in [0.15, 0.2) is 0 Å². The molecule has 0 atom stereocenters. The van der Waals surface area contributed by atoms with Crippen LogP contribution in [0.4, 0.5) is 11.4 Å². The van der Waals surface area contributed by atoms with Crippen molar-refractivity contribution in [3.63, 3.8) is 0 Å². The van der Waals surface area contributed by atoms with E-state index in [0.29, 0.717) is 28.6 Å². The summed E-state index contributed by atoms with van der Waals surface area (Å²) < 4.78 is 3.21. The van der Waals surface area contributed by atoms with E-state index < -0.39 is 0 Å². The number of amides is 2. The highest BCUT2D eigenvalue weighted by Gasteiger charge is 2.22. The molecule has 10 nitrogen and oxygen atoms in total. The molecule has 3 N–H and O–H groups in total. The average molecular weight is 539 g/mol. The Morgan fingerprint density at radius 3 is 2.02 bits per heavy atom. The van der Waals surface area contributed by atoms with Crippen LogP contribution in [0.25, 0.3) is 22.4 Å². The topological polar surface area (TPSA) is 123 Å². The molecule has 3 aromatic heterocycles. The SMILES string of the molecule is CC(C)c1cc(C(=O)Nc2ccc3nc(-c4ccc(NC(=O)c5cc(C(C)(C)C)nn5C)cc4)[nH]c3c2)n(C)n1. The van der Waals surface area contributed by atoms with E-state index in [2.05, 4.69) is 46.6 Å². The van der Waals surface area contributed by atoms with Crippen molar-refractivity contribution in [1.29, 1.82) is 0 Å². The molecule has 0 aliphatic heterocycles. The predicted molar refractivity (Wildman–Crippen MR) is 157 cm³/mol. The van der Waals surface area contributed by atoms with Crippen LogP contribution in [-0.4, -0.2) is 41.3 Å². The molecule has 2 amide bonds. The molecule has 0 saturated carbocycles. The van der Waals surface area contributed by atoms with Crippen molar-refractivity contribution in [2.24, 2.45) is 14.1 Å². The number of nitrogens with zero attached hydrogens (tertiary/aromatic N) is 5. The molecule has 0 aliphatic carbocycles. The number of hydrogen-bond donors (Lipinski definition) is 3. The van der Waals surface area contributed by atoms with E-state index in [0.717, 1.165) is 28.0 Å². The molecule has 5 rings (SSSR count). The molecule has 0 spiro atoms. The van der Waals surface area contributed by atoms with Crippen LogP contribution in [0.1, 0.15) is 72.9 Å². The first kappa shape index (κ1) is 26.9. The zero-order chi connectivity index (χ0) is 28.8. The summed E-state index contributed by atoms with van der Waals surface area (Å²) in [6.07, 6.45) is 0. The molecular formula is C30H34N8O2. The van der Waals surface area contributed by atoms with Crippen molar-refractivity contribution in [1.82, 2.24) is 29.5 Å². The summed E-state index contributed by atoms with van der Waals surface area (Å²) in [5.74, 6) is 0.481. The van der Waals surface area contributed by atoms with Crippen LogP contribution in [0.5, 0.6) is 0 Å². The molecule has 0 unspecified atom stereocenters. The molecule has 10 heteroatoms. The normalized spacial score (nSPS) is 11.8. The molecule has 0 fully saturated rings. The van der Waals surface area contributed by atoms with Gasteiger partial charge in [-0.2, -0.15) is 10.2 Å². The number of rotatable bonds is 6. The van der Waals surface area contributed by atoms with Gasteiger partial charge in [-0.15, -0.1) is 0 Å². The van der Waals surface area contributed by atoms with Gasteiger partial charge in [-0.25, -0.2) is 4.98 Å². The van der Waals surface area contributed by atoms with Crippen molar-refractivity contribution in [2.45, 2.75) is 46.0 Å². The van der Waals surface area contributed by atoms with Gasteiger partial charge in [0, 0.05) is 36.4 Å². The lowest BCUT2D eigenvalue weighted by Crippen LogP contribution is -2.15. The van der Waals surface area contributed by atoms with E-state index in [1.807, 2.05) is 68.4 Å². The first-order valence-electron chi connectivity index (χ1n) is 13.2. The molecule has 0 aliphatic rings. The number of carbonyl (C=O) groups excluding carboxylic acids is 2. The van der Waals surface area contributed by atoms with Crippen LogP contribution in [0.15, 0.2) is 54.6 Å². The van der Waals surface area contributed by atoms with Gasteiger partial charge in [0.1, 0.15) is 17.2 Å². The lowest BCUT2D eigenvalue weighted by atomic mass is 9.92. The van der Waals surface area contributed by atoms with Crippen molar-refractivity contribution >= 4 is 34.2 Å². The number of aryl methyl sites for hydroxylation is 2. The van der Waals surface area contributed by atoms with Crippen LogP contribution in [-0.2, 0) is 19.5 Å². The Labute approximate surface area is 232 Å². The van der Waals surface area contributed by atoms with Gasteiger partial charge in [-0.05, 0) is 60.5 Å². The molecule has 40 heavy (non-hydrogen) atoms. The zero-order valence-corrected chi connectivity index (χ0v) is 23.8. The third-order valence-corrected chi connectivity index (χ3v) is 6.76. The standard InChI is InChI=1S/C30H34N8O2/c1-17(2)22-15-24(37(6)35-22)28(39)32-20-12-13-21-23(14-20)34-27(33-21)18-8-10-19(11-9-18)31-29(40)25-16-26(30(3,4)5)36-38(25)7/h8-17H,1-7H3,(H,31,40)(H,32,39)(H,33,34). The third kappa shape index (κ3) is 5.38. The summed E-state index contributed by atoms with van der Waals surface area (Å²) >= 11 is 0. The molecule has 0 saturated heterocycles. The van der Waals surface area contributed by atoms with Crippen LogP contribution in [0.2, 0.25) is 0 Å². The first-order valence-corrected chi connectivity index (χ1v) is 13.2. The number of nitrogens with one attached hydrogen (secondary N) is 3. The molecular weight excluding hydrogens is 504 g/mol. The Kier molecular flexibility index (Phi) is 6.79. The quantitative estimate of drug-likeness (QED) is 0.259. The predicted octanol–water partition coefficient (Wildman–Crippen LogP) is 5.62. The second-order valence-corrected chi connectivity index (χ2v) is 11.3. The molecule has 5 aromatic rings. The summed E-state index contributed by atoms with van der Waals surface area (Å²) in [4.78, 5) is 33.8. The van der Waals surface area contributed by atoms with Gasteiger partial charge in [-0.3, -0.25) is 19.0 Å². The largest absolute Gasteiger partial charge is 0.338 e. The van der Waals surface area contributed by atoms with E-state index >= 15 is 0 Å². The lowest BCUT2D eigenvalue weighted by molar-refractivity contribution is 0.101. The van der Waals surface area contributed by atoms with Gasteiger partial charge in [0.05, 0.1) is 22.4 Å². The van der Waals surface area contributed by atoms with E-state index in [-0.39, 0.29) is 23.1 Å². The van der Waals surface area contributed by atoms with Crippen molar-refractivity contribution in [3.05, 3.63) is 77.4 Å². The van der Waals surface area contributed by atoms with Gasteiger partial charge in [-0.1, -0.05) is 34.6 Å². The highest BCUT2D eigenvalue weighted by atomic mass is 16.2. The van der Waals surface area contributed by atoms with Gasteiger partial charge >= 0.3 is 0 Å². The molecule has 3 heterocycles. The maximum absolute atomic E-state index is 12.9. The third-order valence-electron chi connectivity index (χ3n) is 6.76. The summed E-state index contributed by atoms with van der Waals surface area (Å²) in [6, 6.07) is 16.7. The minimum absolute atomic E-state index is 0.145. The van der Waals surface area contributed by atoms with E-state index in [1.54, 1.807) is 23.5 Å². The Morgan fingerprint density at radius 1 is 0.825 bits per heavy atom. The maximum atomic E-state index is 12.9. The fraction of sp³-hybridized carbons (Fsp3) is 0.300. The number of aromatic nitrogens is 6. The number of aromatic amines is 1. The van der Waals surface area contributed by atoms with Gasteiger partial charge in [0.2, 0.25) is 0 Å². The van der Waals surface area contributed by atoms with E-state index in [9.17, 15) is 9.59 Å². The number of carbonyl (C=O) groups is 2. The highest BCUT2D eigenvalue weighted by molar-refractivity contribution is 6.04. The van der Waals surface area contributed by atoms with Crippen LogP contribution in [0, 0.1) is 0 Å². The number of anilines is 2. The summed E-state index contributed by atoms with van der Waals surface area (Å²) in [5, 5.41) is 14.8. The fourth-order valence-electron chi connectivity index (χ4n) is 4.36. The number of H-pyrrole nitrogens is 1. The first-order chi connectivity index (χ1) is 18.9. The zero-order valence-electron chi connectivity index (χ0n) is 23.8. The Bertz CT molecular complexity index is 1710. The average Bonchev–Trinajstić information content (AvgIpc) is 3.60. The Morgan fingerprint density at radius 2 is 1.43 bits per heavy atom. The van der Waals surface area contributed by atoms with Crippen molar-refractivity contribution in [2.75, 3.05) is 10.6 Å². The van der Waals surface area contributed by atoms with Gasteiger partial charge in [0.25, 0.3) is 11.8 Å². The number of imidazole rings is 1. The number of fused-ring (bicyclic) bond motifs is 1. The number of hydrogen-bond acceptors (Lipinski definition) is 5. The van der Waals surface area contributed by atoms with Gasteiger partial charge < -0.3 is 15.6 Å². The summed E-state index contributed by atoms with van der Waals surface area (Å²) in [6.45, 7) is 10.3. The van der Waals surface area contributed by atoms with Crippen LogP contribution < -0.4 is 10.6 Å². The second-order valence-electron chi connectivity index (χ2n) is 11.3. The Balaban J connectivity index is 1.29. The minimum Gasteiger partial charge on any atom is -0.338 e. The second kappa shape index (κ2) is 10.1. The smallest absolute Gasteiger partial charge is 0.273 e. The summed E-state index contributed by atoms with van der Waals surface area (Å²) in [5.41, 5.74) is 6.35. The Hall–Kier alpha value is -4.73. The highest BCUT2D eigenvalue weighted by Crippen LogP contribution is 2.26. The summed E-state index contributed by atoms with van der Waals surface area (Å²) in [7, 11) is 3.54. The van der Waals surface area contributed by atoms with Crippen LogP contribution in [0.3, 0.4) is 0 Å². The maximum Gasteiger partial charge on any atom is 0.273 e. The van der Waals surface area contributed by atoms with E-state index in [1.165, 1.54) is 0 Å². The number of benzene rings is 2. The molecule has 2 aromatic carbocycles. The van der Waals surface area contributed by atoms with Crippen molar-refractivity contribution in [3.8, 4) is 11.4 Å². The lowest BCUT2D eigenvalue weighted by Gasteiger charge is -2.13. The molecule has 206 valence electrons. The minimum atomic E-state index is -0.223. The van der Waals surface area contributed by atoms with E-state index in [4.69, 9.17) is 4.98 Å². The fourth-order valence-corrected chi connectivity index (χ4v) is 4.36. The monoisotopic (exact) mass is 538 g/mol. The van der Waals surface area contributed by atoms with Crippen LogP contribution >= 0.6 is 0 Å².